The average Bonchev–Trinajstić information content (AvgIpc) is 3.09. The molecule has 6 heteroatoms. The molecule has 3 aromatic rings. The Morgan fingerprint density at radius 1 is 0.875 bits per heavy atom. The largest absolute Gasteiger partial charge is 0.344 e. The molecule has 4 rings (SSSR count). The maximum atomic E-state index is 13.3. The molecule has 32 heavy (non-hydrogen) atoms. The van der Waals surface area contributed by atoms with E-state index >= 15 is 0 Å². The molecular weight excluding hydrogens is 402 g/mol. The molecule has 1 fully saturated rings. The van der Waals surface area contributed by atoms with Crippen molar-refractivity contribution in [1.82, 2.24) is 15.5 Å². The number of carbonyl (C=O) groups excluding carboxylic acids is 3. The molecule has 3 aromatic carbocycles. The fraction of sp³-hybridized carbons (Fsp3) is 0.192. The quantitative estimate of drug-likeness (QED) is 0.564. The standard InChI is InChI=1S/C26H25N3O3/c1-2-26(21-16-10-5-11-17-21)24(31)29(25(32)28-26)18-22(30)27-23(19-12-6-3-7-13-19)20-14-8-4-9-15-20/h3-17,23H,2,18H2,1H3,(H,27,30)(H,28,32)/t26-/m1/s1. The SMILES string of the molecule is CC[C@]1(c2ccccc2)NC(=O)N(CC(=O)NC(c2ccccc2)c2ccccc2)C1=O. The first-order chi connectivity index (χ1) is 15.5. The molecule has 1 atom stereocenters. The predicted molar refractivity (Wildman–Crippen MR) is 122 cm³/mol. The summed E-state index contributed by atoms with van der Waals surface area (Å²) in [6.07, 6.45) is 0.385. The number of nitrogens with zero attached hydrogens (tertiary/aromatic N) is 1. The Labute approximate surface area is 187 Å². The van der Waals surface area contributed by atoms with Gasteiger partial charge in [0.05, 0.1) is 6.04 Å². The van der Waals surface area contributed by atoms with E-state index in [4.69, 9.17) is 0 Å². The lowest BCUT2D eigenvalue weighted by atomic mass is 9.87. The molecule has 1 aliphatic heterocycles. The van der Waals surface area contributed by atoms with Crippen molar-refractivity contribution in [3.8, 4) is 0 Å². The molecule has 4 amide bonds. The van der Waals surface area contributed by atoms with Gasteiger partial charge in [0.25, 0.3) is 5.91 Å². The van der Waals surface area contributed by atoms with Gasteiger partial charge in [0.2, 0.25) is 5.91 Å². The van der Waals surface area contributed by atoms with Crippen LogP contribution in [0.5, 0.6) is 0 Å². The van der Waals surface area contributed by atoms with Crippen molar-refractivity contribution in [3.05, 3.63) is 108 Å². The summed E-state index contributed by atoms with van der Waals surface area (Å²) in [5, 5.41) is 5.80. The Morgan fingerprint density at radius 2 is 1.38 bits per heavy atom. The van der Waals surface area contributed by atoms with Crippen LogP contribution in [0.2, 0.25) is 0 Å². The maximum Gasteiger partial charge on any atom is 0.325 e. The van der Waals surface area contributed by atoms with Gasteiger partial charge in [0, 0.05) is 0 Å². The lowest BCUT2D eigenvalue weighted by Gasteiger charge is -2.26. The number of hydrogen-bond acceptors (Lipinski definition) is 3. The van der Waals surface area contributed by atoms with Crippen molar-refractivity contribution < 1.29 is 14.4 Å². The van der Waals surface area contributed by atoms with E-state index < -0.39 is 29.4 Å². The first-order valence-electron chi connectivity index (χ1n) is 10.6. The normalized spacial score (nSPS) is 18.0. The number of rotatable bonds is 7. The van der Waals surface area contributed by atoms with Crippen molar-refractivity contribution in [1.29, 1.82) is 0 Å². The Balaban J connectivity index is 1.55. The predicted octanol–water partition coefficient (Wildman–Crippen LogP) is 3.75. The number of benzene rings is 3. The smallest absolute Gasteiger partial charge is 0.325 e. The van der Waals surface area contributed by atoms with Gasteiger partial charge in [-0.05, 0) is 23.1 Å². The van der Waals surface area contributed by atoms with Crippen LogP contribution in [0.3, 0.4) is 0 Å². The van der Waals surface area contributed by atoms with Gasteiger partial charge in [-0.25, -0.2) is 4.79 Å². The van der Waals surface area contributed by atoms with E-state index in [1.54, 1.807) is 0 Å². The van der Waals surface area contributed by atoms with Gasteiger partial charge in [-0.1, -0.05) is 97.9 Å². The molecular formula is C26H25N3O3. The number of nitrogens with one attached hydrogen (secondary N) is 2. The maximum absolute atomic E-state index is 13.3. The van der Waals surface area contributed by atoms with Crippen molar-refractivity contribution in [2.75, 3.05) is 6.54 Å². The number of amides is 4. The zero-order chi connectivity index (χ0) is 22.6. The molecule has 0 saturated carbocycles. The van der Waals surface area contributed by atoms with Crippen LogP contribution in [0.1, 0.15) is 36.1 Å². The second kappa shape index (κ2) is 9.06. The van der Waals surface area contributed by atoms with E-state index in [1.165, 1.54) is 0 Å². The van der Waals surface area contributed by atoms with Gasteiger partial charge < -0.3 is 10.6 Å². The van der Waals surface area contributed by atoms with E-state index in [1.807, 2.05) is 97.9 Å². The molecule has 0 aliphatic carbocycles. The number of urea groups is 1. The Morgan fingerprint density at radius 3 is 1.88 bits per heavy atom. The summed E-state index contributed by atoms with van der Waals surface area (Å²) in [7, 11) is 0. The number of imide groups is 1. The molecule has 0 aromatic heterocycles. The first kappa shape index (κ1) is 21.3. The van der Waals surface area contributed by atoms with Gasteiger partial charge >= 0.3 is 6.03 Å². The number of carbonyl (C=O) groups is 3. The molecule has 2 N–H and O–H groups in total. The fourth-order valence-electron chi connectivity index (χ4n) is 4.13. The van der Waals surface area contributed by atoms with Crippen molar-refractivity contribution in [2.24, 2.45) is 0 Å². The highest BCUT2D eigenvalue weighted by Gasteiger charge is 2.51. The van der Waals surface area contributed by atoms with Crippen LogP contribution in [-0.4, -0.2) is 29.3 Å². The topological polar surface area (TPSA) is 78.5 Å². The third-order valence-electron chi connectivity index (χ3n) is 5.85. The van der Waals surface area contributed by atoms with Gasteiger partial charge in [-0.2, -0.15) is 0 Å². The Bertz CT molecular complexity index is 1060. The summed E-state index contributed by atoms with van der Waals surface area (Å²) in [4.78, 5) is 40.0. The average molecular weight is 428 g/mol. The van der Waals surface area contributed by atoms with E-state index in [9.17, 15) is 14.4 Å². The highest BCUT2D eigenvalue weighted by molar-refractivity contribution is 6.09. The van der Waals surface area contributed by atoms with Crippen molar-refractivity contribution in [3.63, 3.8) is 0 Å². The van der Waals surface area contributed by atoms with Crippen molar-refractivity contribution >= 4 is 17.8 Å². The second-order valence-electron chi connectivity index (χ2n) is 7.77. The molecule has 0 spiro atoms. The lowest BCUT2D eigenvalue weighted by Crippen LogP contribution is -2.45. The molecule has 0 bridgehead atoms. The van der Waals surface area contributed by atoms with Crippen LogP contribution in [-0.2, 0) is 15.1 Å². The summed E-state index contributed by atoms with van der Waals surface area (Å²) in [6.45, 7) is 1.49. The zero-order valence-corrected chi connectivity index (χ0v) is 17.8. The molecule has 6 nitrogen and oxygen atoms in total. The summed E-state index contributed by atoms with van der Waals surface area (Å²) in [5.41, 5.74) is 1.37. The van der Waals surface area contributed by atoms with Gasteiger partial charge in [0.1, 0.15) is 12.1 Å². The highest BCUT2D eigenvalue weighted by atomic mass is 16.2. The van der Waals surface area contributed by atoms with Crippen LogP contribution in [0.25, 0.3) is 0 Å². The summed E-state index contributed by atoms with van der Waals surface area (Å²) >= 11 is 0. The highest BCUT2D eigenvalue weighted by Crippen LogP contribution is 2.32. The second-order valence-corrected chi connectivity index (χ2v) is 7.77. The first-order valence-corrected chi connectivity index (χ1v) is 10.6. The molecule has 0 unspecified atom stereocenters. The van der Waals surface area contributed by atoms with Gasteiger partial charge in [0.15, 0.2) is 0 Å². The molecule has 1 heterocycles. The van der Waals surface area contributed by atoms with Gasteiger partial charge in [-0.3, -0.25) is 14.5 Å². The summed E-state index contributed by atoms with van der Waals surface area (Å²) in [6, 6.07) is 27.4. The van der Waals surface area contributed by atoms with Crippen molar-refractivity contribution in [2.45, 2.75) is 24.9 Å². The van der Waals surface area contributed by atoms with Crippen LogP contribution in [0.4, 0.5) is 4.79 Å². The fourth-order valence-corrected chi connectivity index (χ4v) is 4.13. The van der Waals surface area contributed by atoms with E-state index in [-0.39, 0.29) is 6.54 Å². The van der Waals surface area contributed by atoms with Gasteiger partial charge in [-0.15, -0.1) is 0 Å². The number of hydrogen-bond donors (Lipinski definition) is 2. The Kier molecular flexibility index (Phi) is 6.03. The minimum Gasteiger partial charge on any atom is -0.344 e. The molecule has 162 valence electrons. The molecule has 0 radical (unpaired) electrons. The zero-order valence-electron chi connectivity index (χ0n) is 17.8. The van der Waals surface area contributed by atoms with E-state index in [0.29, 0.717) is 12.0 Å². The minimum absolute atomic E-state index is 0.352. The van der Waals surface area contributed by atoms with E-state index in [0.717, 1.165) is 16.0 Å². The van der Waals surface area contributed by atoms with Crippen LogP contribution >= 0.6 is 0 Å². The Hall–Kier alpha value is -3.93. The van der Waals surface area contributed by atoms with Crippen LogP contribution < -0.4 is 10.6 Å². The third-order valence-corrected chi connectivity index (χ3v) is 5.85. The third kappa shape index (κ3) is 3.99. The monoisotopic (exact) mass is 427 g/mol. The van der Waals surface area contributed by atoms with Crippen LogP contribution in [0, 0.1) is 0 Å². The molecule has 1 saturated heterocycles. The van der Waals surface area contributed by atoms with E-state index in [2.05, 4.69) is 10.6 Å². The minimum atomic E-state index is -1.16. The summed E-state index contributed by atoms with van der Waals surface area (Å²) in [5.74, 6) is -0.825. The summed E-state index contributed by atoms with van der Waals surface area (Å²) < 4.78 is 0. The lowest BCUT2D eigenvalue weighted by molar-refractivity contribution is -0.135. The van der Waals surface area contributed by atoms with Crippen LogP contribution in [0.15, 0.2) is 91.0 Å². The molecule has 1 aliphatic rings.